The molecular weight excluding hydrogens is 717 g/mol. The quantitative estimate of drug-likeness (QED) is 0.178. The molecule has 0 unspecified atom stereocenters. The van der Waals surface area contributed by atoms with Crippen LogP contribution >= 0.6 is 0 Å². The fraction of sp³-hybridized carbons (Fsp3) is 0. The van der Waals surface area contributed by atoms with Crippen molar-refractivity contribution in [3.8, 4) is 39.9 Å². The van der Waals surface area contributed by atoms with E-state index in [4.69, 9.17) is 28.2 Å². The molecule has 0 fully saturated rings. The summed E-state index contributed by atoms with van der Waals surface area (Å²) in [6.07, 6.45) is 0. The molecule has 0 spiro atoms. The normalized spacial score (nSPS) is 12.1. The molecule has 0 saturated heterocycles. The van der Waals surface area contributed by atoms with E-state index in [1.807, 2.05) is 78.9 Å². The Hall–Kier alpha value is -8.03. The largest absolute Gasteiger partial charge is 0.456 e. The lowest BCUT2D eigenvalue weighted by atomic mass is 10.0. The Morgan fingerprint density at radius 1 is 0.328 bits per heavy atom. The summed E-state index contributed by atoms with van der Waals surface area (Å²) in [5.74, 6) is 1.70. The molecular formula is C51H28N4O3. The first-order chi connectivity index (χ1) is 28.7. The number of furan rings is 3. The van der Waals surface area contributed by atoms with Gasteiger partial charge < -0.3 is 17.8 Å². The van der Waals surface area contributed by atoms with E-state index in [0.29, 0.717) is 17.5 Å². The molecule has 0 aliphatic rings. The van der Waals surface area contributed by atoms with Gasteiger partial charge >= 0.3 is 0 Å². The summed E-state index contributed by atoms with van der Waals surface area (Å²) in [6.45, 7) is 0. The molecule has 7 heteroatoms. The van der Waals surface area contributed by atoms with Gasteiger partial charge in [-0.3, -0.25) is 0 Å². The highest BCUT2D eigenvalue weighted by Crippen LogP contribution is 2.41. The summed E-state index contributed by atoms with van der Waals surface area (Å²) in [5.41, 5.74) is 10.7. The van der Waals surface area contributed by atoms with Crippen molar-refractivity contribution in [3.63, 3.8) is 0 Å². The second-order valence-electron chi connectivity index (χ2n) is 14.8. The number of hydrogen-bond donors (Lipinski definition) is 0. The summed E-state index contributed by atoms with van der Waals surface area (Å²) in [4.78, 5) is 15.3. The van der Waals surface area contributed by atoms with Crippen molar-refractivity contribution in [2.45, 2.75) is 0 Å². The lowest BCUT2D eigenvalue weighted by molar-refractivity contribution is 0.668. The van der Waals surface area contributed by atoms with Crippen LogP contribution in [0.5, 0.6) is 0 Å². The van der Waals surface area contributed by atoms with Crippen LogP contribution < -0.4 is 0 Å². The molecule has 270 valence electrons. The predicted octanol–water partition coefficient (Wildman–Crippen LogP) is 13.7. The molecule has 58 heavy (non-hydrogen) atoms. The molecule has 5 aromatic heterocycles. The van der Waals surface area contributed by atoms with Crippen LogP contribution in [0.4, 0.5) is 0 Å². The van der Waals surface area contributed by atoms with E-state index in [1.54, 1.807) is 0 Å². The molecule has 0 amide bonds. The van der Waals surface area contributed by atoms with Crippen LogP contribution in [-0.2, 0) is 0 Å². The van der Waals surface area contributed by atoms with Crippen molar-refractivity contribution in [1.29, 1.82) is 0 Å². The first kappa shape index (κ1) is 31.2. The van der Waals surface area contributed by atoms with Gasteiger partial charge in [0.2, 0.25) is 0 Å². The van der Waals surface area contributed by atoms with Gasteiger partial charge in [0.1, 0.15) is 33.5 Å². The highest BCUT2D eigenvalue weighted by Gasteiger charge is 2.21. The van der Waals surface area contributed by atoms with Gasteiger partial charge in [0.25, 0.3) is 0 Å². The highest BCUT2D eigenvalue weighted by atomic mass is 16.3. The smallest absolute Gasteiger partial charge is 0.164 e. The summed E-state index contributed by atoms with van der Waals surface area (Å²) in [6, 6.07) is 58.0. The molecule has 0 saturated carbocycles. The Bertz CT molecular complexity index is 3810. The zero-order chi connectivity index (χ0) is 37.9. The molecule has 0 radical (unpaired) electrons. The van der Waals surface area contributed by atoms with E-state index in [0.717, 1.165) is 99.2 Å². The minimum Gasteiger partial charge on any atom is -0.456 e. The van der Waals surface area contributed by atoms with Gasteiger partial charge in [-0.1, -0.05) is 103 Å². The number of para-hydroxylation sites is 3. The lowest BCUT2D eigenvalue weighted by Crippen LogP contribution is -2.00. The van der Waals surface area contributed by atoms with Crippen LogP contribution in [0.25, 0.3) is 127 Å². The van der Waals surface area contributed by atoms with Crippen LogP contribution in [-0.4, -0.2) is 19.5 Å². The van der Waals surface area contributed by atoms with Crippen LogP contribution in [0.3, 0.4) is 0 Å². The molecule has 13 aromatic rings. The van der Waals surface area contributed by atoms with Crippen LogP contribution in [0.2, 0.25) is 0 Å². The standard InChI is InChI=1S/C51H28N4O3/c1-2-11-29(12-3-1)49-52-50(30-21-23-35-33-14-5-8-18-42(33)56-45(35)25-30)54-51(53-49)37-16-10-20-44-48(37)36-24-22-31(26-46(36)58-44)55-40-17-7-4-13-32(40)38-27-39-34-15-6-9-19-43(34)57-47(39)28-41(38)55/h1-28H. The highest BCUT2D eigenvalue weighted by molar-refractivity contribution is 6.18. The average Bonchev–Trinajstić information content (AvgIpc) is 4.03. The topological polar surface area (TPSA) is 83.0 Å². The summed E-state index contributed by atoms with van der Waals surface area (Å²) >= 11 is 0. The number of fused-ring (bicyclic) bond motifs is 12. The third-order valence-electron chi connectivity index (χ3n) is 11.5. The van der Waals surface area contributed by atoms with Gasteiger partial charge in [0.05, 0.1) is 11.0 Å². The van der Waals surface area contributed by atoms with Gasteiger partial charge in [0, 0.05) is 77.6 Å². The molecule has 0 bridgehead atoms. The maximum Gasteiger partial charge on any atom is 0.164 e. The maximum absolute atomic E-state index is 6.68. The third-order valence-corrected chi connectivity index (χ3v) is 11.5. The molecule has 5 heterocycles. The number of aromatic nitrogens is 4. The summed E-state index contributed by atoms with van der Waals surface area (Å²) in [5, 5.41) is 8.61. The van der Waals surface area contributed by atoms with Crippen LogP contribution in [0.15, 0.2) is 183 Å². The van der Waals surface area contributed by atoms with E-state index < -0.39 is 0 Å². The lowest BCUT2D eigenvalue weighted by Gasteiger charge is -2.09. The number of benzene rings is 8. The van der Waals surface area contributed by atoms with Gasteiger partial charge in [-0.25, -0.2) is 15.0 Å². The van der Waals surface area contributed by atoms with Crippen LogP contribution in [0.1, 0.15) is 0 Å². The maximum atomic E-state index is 6.68. The van der Waals surface area contributed by atoms with E-state index in [-0.39, 0.29) is 0 Å². The molecule has 13 rings (SSSR count). The molecule has 0 aliphatic heterocycles. The first-order valence-corrected chi connectivity index (χ1v) is 19.3. The van der Waals surface area contributed by atoms with Crippen molar-refractivity contribution < 1.29 is 13.3 Å². The Labute approximate surface area is 329 Å². The SMILES string of the molecule is c1ccc(-c2nc(-c3ccc4c(c3)oc3ccccc34)nc(-c3cccc4oc5cc(-n6c7ccccc7c7cc8c(cc76)oc6ccccc68)ccc5c34)n2)cc1. The predicted molar refractivity (Wildman–Crippen MR) is 232 cm³/mol. The Balaban J connectivity index is 0.999. The van der Waals surface area contributed by atoms with E-state index in [9.17, 15) is 0 Å². The minimum absolute atomic E-state index is 0.559. The van der Waals surface area contributed by atoms with Gasteiger partial charge in [-0.15, -0.1) is 0 Å². The second kappa shape index (κ2) is 11.7. The number of hydrogen-bond acceptors (Lipinski definition) is 6. The Morgan fingerprint density at radius 3 is 1.76 bits per heavy atom. The molecule has 0 atom stereocenters. The van der Waals surface area contributed by atoms with E-state index in [1.165, 1.54) is 10.8 Å². The van der Waals surface area contributed by atoms with Gasteiger partial charge in [0.15, 0.2) is 17.5 Å². The Kier molecular flexibility index (Phi) is 6.32. The van der Waals surface area contributed by atoms with Crippen molar-refractivity contribution in [1.82, 2.24) is 19.5 Å². The molecule has 7 nitrogen and oxygen atoms in total. The zero-order valence-corrected chi connectivity index (χ0v) is 30.7. The molecule has 8 aromatic carbocycles. The van der Waals surface area contributed by atoms with Crippen molar-refractivity contribution in [3.05, 3.63) is 170 Å². The number of rotatable bonds is 4. The molecule has 0 aliphatic carbocycles. The van der Waals surface area contributed by atoms with E-state index in [2.05, 4.69) is 95.6 Å². The monoisotopic (exact) mass is 744 g/mol. The number of nitrogens with zero attached hydrogens (tertiary/aromatic N) is 4. The van der Waals surface area contributed by atoms with Gasteiger partial charge in [-0.2, -0.15) is 0 Å². The first-order valence-electron chi connectivity index (χ1n) is 19.3. The second-order valence-corrected chi connectivity index (χ2v) is 14.8. The van der Waals surface area contributed by atoms with Crippen molar-refractivity contribution in [2.75, 3.05) is 0 Å². The zero-order valence-electron chi connectivity index (χ0n) is 30.7. The van der Waals surface area contributed by atoms with Crippen LogP contribution in [0, 0.1) is 0 Å². The van der Waals surface area contributed by atoms with E-state index >= 15 is 0 Å². The van der Waals surface area contributed by atoms with Crippen molar-refractivity contribution >= 4 is 87.6 Å². The summed E-state index contributed by atoms with van der Waals surface area (Å²) < 4.78 is 21.6. The third kappa shape index (κ3) is 4.52. The Morgan fingerprint density at radius 2 is 0.931 bits per heavy atom. The average molecular weight is 745 g/mol. The fourth-order valence-corrected chi connectivity index (χ4v) is 8.81. The van der Waals surface area contributed by atoms with Crippen molar-refractivity contribution in [2.24, 2.45) is 0 Å². The molecule has 0 N–H and O–H groups in total. The fourth-order valence-electron chi connectivity index (χ4n) is 8.81. The minimum atomic E-state index is 0.559. The summed E-state index contributed by atoms with van der Waals surface area (Å²) in [7, 11) is 0. The van der Waals surface area contributed by atoms with Gasteiger partial charge in [-0.05, 0) is 54.6 Å².